The van der Waals surface area contributed by atoms with Crippen molar-refractivity contribution in [3.8, 4) is 0 Å². The number of carbonyl (C=O) groups excluding carboxylic acids is 2. The lowest BCUT2D eigenvalue weighted by molar-refractivity contribution is -0.113. The van der Waals surface area contributed by atoms with Gasteiger partial charge in [-0.2, -0.15) is 0 Å². The van der Waals surface area contributed by atoms with Crippen LogP contribution in [-0.2, 0) is 11.3 Å². The van der Waals surface area contributed by atoms with Crippen LogP contribution in [0.5, 0.6) is 0 Å². The van der Waals surface area contributed by atoms with E-state index in [1.807, 2.05) is 29.6 Å². The van der Waals surface area contributed by atoms with Gasteiger partial charge in [0.25, 0.3) is 5.91 Å². The number of thiophene rings is 1. The van der Waals surface area contributed by atoms with Crippen molar-refractivity contribution in [1.29, 1.82) is 0 Å². The number of nitrogens with one attached hydrogen (secondary N) is 2. The van der Waals surface area contributed by atoms with E-state index in [0.717, 1.165) is 9.77 Å². The molecule has 0 bridgehead atoms. The van der Waals surface area contributed by atoms with Gasteiger partial charge in [0.15, 0.2) is 0 Å². The molecule has 0 unspecified atom stereocenters. The van der Waals surface area contributed by atoms with Gasteiger partial charge in [0.1, 0.15) is 0 Å². The first-order valence-corrected chi connectivity index (χ1v) is 10.9. The van der Waals surface area contributed by atoms with E-state index in [9.17, 15) is 9.59 Å². The molecule has 0 aliphatic rings. The third-order valence-corrected chi connectivity index (χ3v) is 6.06. The molecule has 1 aromatic heterocycles. The zero-order valence-corrected chi connectivity index (χ0v) is 17.7. The smallest absolute Gasteiger partial charge is 0.253 e. The van der Waals surface area contributed by atoms with Crippen LogP contribution in [-0.4, -0.2) is 17.6 Å². The number of thioether (sulfide) groups is 1. The fraction of sp³-hybridized carbons (Fsp3) is 0.100. The highest BCUT2D eigenvalue weighted by Crippen LogP contribution is 2.23. The molecule has 3 rings (SSSR count). The Balaban J connectivity index is 1.63. The Bertz CT molecular complexity index is 961. The third-order valence-electron chi connectivity index (χ3n) is 3.69. The maximum Gasteiger partial charge on any atom is 0.253 e. The Hall–Kier alpha value is -1.99. The number of anilines is 1. The first kappa shape index (κ1) is 20.7. The van der Waals surface area contributed by atoms with Crippen molar-refractivity contribution in [2.45, 2.75) is 11.4 Å². The van der Waals surface area contributed by atoms with Crippen LogP contribution in [0.3, 0.4) is 0 Å². The Morgan fingerprint density at radius 1 is 1.00 bits per heavy atom. The summed E-state index contributed by atoms with van der Waals surface area (Å²) in [5.41, 5.74) is 0.753. The number of hydrogen-bond donors (Lipinski definition) is 2. The van der Waals surface area contributed by atoms with E-state index in [0.29, 0.717) is 27.8 Å². The van der Waals surface area contributed by atoms with Crippen molar-refractivity contribution in [3.05, 3.63) is 80.5 Å². The molecule has 2 aromatic carbocycles. The van der Waals surface area contributed by atoms with E-state index in [1.54, 1.807) is 41.7 Å². The monoisotopic (exact) mass is 450 g/mol. The Morgan fingerprint density at radius 2 is 1.75 bits per heavy atom. The molecule has 2 amide bonds. The number of carbonyl (C=O) groups is 2. The summed E-state index contributed by atoms with van der Waals surface area (Å²) in [6, 6.07) is 15.9. The molecule has 0 aliphatic carbocycles. The van der Waals surface area contributed by atoms with Gasteiger partial charge in [0.2, 0.25) is 5.91 Å². The molecule has 0 saturated heterocycles. The SMILES string of the molecule is O=C(CSc1ccc(Cl)cc1)Nc1ccc(Cl)cc1C(=O)NCc1cccs1. The molecule has 4 nitrogen and oxygen atoms in total. The number of halogens is 2. The summed E-state index contributed by atoms with van der Waals surface area (Å²) in [6.07, 6.45) is 0. The molecular weight excluding hydrogens is 435 g/mol. The van der Waals surface area contributed by atoms with Crippen molar-refractivity contribution >= 4 is 63.8 Å². The van der Waals surface area contributed by atoms with Gasteiger partial charge in [-0.25, -0.2) is 0 Å². The largest absolute Gasteiger partial charge is 0.347 e. The second-order valence-corrected chi connectivity index (χ2v) is 8.70. The first-order chi connectivity index (χ1) is 13.5. The second-order valence-electron chi connectivity index (χ2n) is 5.74. The summed E-state index contributed by atoms with van der Waals surface area (Å²) < 4.78 is 0. The highest BCUT2D eigenvalue weighted by Gasteiger charge is 2.15. The van der Waals surface area contributed by atoms with E-state index < -0.39 is 0 Å². The van der Waals surface area contributed by atoms with Gasteiger partial charge in [-0.05, 0) is 53.9 Å². The number of benzene rings is 2. The Kier molecular flexibility index (Phi) is 7.39. The van der Waals surface area contributed by atoms with Crippen LogP contribution in [0.2, 0.25) is 10.0 Å². The van der Waals surface area contributed by atoms with Crippen LogP contribution in [0.1, 0.15) is 15.2 Å². The first-order valence-electron chi connectivity index (χ1n) is 8.29. The van der Waals surface area contributed by atoms with Gasteiger partial charge < -0.3 is 10.6 Å². The maximum atomic E-state index is 12.6. The van der Waals surface area contributed by atoms with Gasteiger partial charge in [0, 0.05) is 19.8 Å². The van der Waals surface area contributed by atoms with Gasteiger partial charge in [-0.1, -0.05) is 29.3 Å². The molecule has 0 saturated carbocycles. The van der Waals surface area contributed by atoms with Gasteiger partial charge >= 0.3 is 0 Å². The molecule has 2 N–H and O–H groups in total. The summed E-state index contributed by atoms with van der Waals surface area (Å²) in [4.78, 5) is 26.9. The number of amides is 2. The van der Waals surface area contributed by atoms with Gasteiger partial charge in [0.05, 0.1) is 23.5 Å². The molecule has 144 valence electrons. The summed E-state index contributed by atoms with van der Waals surface area (Å²) in [7, 11) is 0. The molecular formula is C20H16Cl2N2O2S2. The zero-order valence-electron chi connectivity index (χ0n) is 14.6. The molecule has 1 heterocycles. The molecule has 8 heteroatoms. The highest BCUT2D eigenvalue weighted by atomic mass is 35.5. The maximum absolute atomic E-state index is 12.6. The minimum absolute atomic E-state index is 0.209. The lowest BCUT2D eigenvalue weighted by Gasteiger charge is -2.12. The van der Waals surface area contributed by atoms with E-state index in [-0.39, 0.29) is 17.6 Å². The summed E-state index contributed by atoms with van der Waals surface area (Å²) in [5, 5.41) is 8.66. The van der Waals surface area contributed by atoms with Crippen LogP contribution in [0.4, 0.5) is 5.69 Å². The number of hydrogen-bond acceptors (Lipinski definition) is 4. The van der Waals surface area contributed by atoms with Crippen molar-refractivity contribution in [3.63, 3.8) is 0 Å². The third kappa shape index (κ3) is 6.01. The fourth-order valence-corrected chi connectivity index (χ4v) is 4.00. The van der Waals surface area contributed by atoms with Crippen LogP contribution in [0.15, 0.2) is 64.9 Å². The van der Waals surface area contributed by atoms with E-state index in [1.165, 1.54) is 11.8 Å². The minimum Gasteiger partial charge on any atom is -0.347 e. The van der Waals surface area contributed by atoms with Crippen LogP contribution < -0.4 is 10.6 Å². The van der Waals surface area contributed by atoms with Crippen molar-refractivity contribution in [2.75, 3.05) is 11.1 Å². The quantitative estimate of drug-likeness (QED) is 0.452. The predicted octanol–water partition coefficient (Wildman–Crippen LogP) is 5.72. The Labute approximate surface area is 181 Å². The van der Waals surface area contributed by atoms with E-state index in [4.69, 9.17) is 23.2 Å². The standard InChI is InChI=1S/C20H16Cl2N2O2S2/c21-13-3-6-15(7-4-13)28-12-19(25)24-18-8-5-14(22)10-17(18)20(26)23-11-16-2-1-9-27-16/h1-10H,11-12H2,(H,23,26)(H,24,25). The fourth-order valence-electron chi connectivity index (χ4n) is 2.36. The van der Waals surface area contributed by atoms with Gasteiger partial charge in [-0.3, -0.25) is 9.59 Å². The molecule has 0 fully saturated rings. The average Bonchev–Trinajstić information content (AvgIpc) is 3.21. The summed E-state index contributed by atoms with van der Waals surface area (Å²) in [5.74, 6) is -0.299. The highest BCUT2D eigenvalue weighted by molar-refractivity contribution is 8.00. The number of rotatable bonds is 7. The van der Waals surface area contributed by atoms with Gasteiger partial charge in [-0.15, -0.1) is 23.1 Å². The normalized spacial score (nSPS) is 10.5. The lowest BCUT2D eigenvalue weighted by atomic mass is 10.1. The minimum atomic E-state index is -0.295. The van der Waals surface area contributed by atoms with Crippen LogP contribution in [0, 0.1) is 0 Å². The molecule has 0 aliphatic heterocycles. The predicted molar refractivity (Wildman–Crippen MR) is 118 cm³/mol. The second kappa shape index (κ2) is 9.98. The molecule has 0 atom stereocenters. The van der Waals surface area contributed by atoms with Crippen LogP contribution >= 0.6 is 46.3 Å². The van der Waals surface area contributed by atoms with E-state index >= 15 is 0 Å². The molecule has 0 radical (unpaired) electrons. The molecule has 3 aromatic rings. The van der Waals surface area contributed by atoms with E-state index in [2.05, 4.69) is 10.6 Å². The Morgan fingerprint density at radius 3 is 2.46 bits per heavy atom. The topological polar surface area (TPSA) is 58.2 Å². The van der Waals surface area contributed by atoms with Crippen molar-refractivity contribution in [2.24, 2.45) is 0 Å². The van der Waals surface area contributed by atoms with Crippen LogP contribution in [0.25, 0.3) is 0 Å². The van der Waals surface area contributed by atoms with Crippen molar-refractivity contribution in [1.82, 2.24) is 5.32 Å². The van der Waals surface area contributed by atoms with Crippen molar-refractivity contribution < 1.29 is 9.59 Å². The average molecular weight is 451 g/mol. The lowest BCUT2D eigenvalue weighted by Crippen LogP contribution is -2.25. The summed E-state index contributed by atoms with van der Waals surface area (Å²) in [6.45, 7) is 0.419. The molecule has 28 heavy (non-hydrogen) atoms. The molecule has 0 spiro atoms. The summed E-state index contributed by atoms with van der Waals surface area (Å²) >= 11 is 14.9. The zero-order chi connectivity index (χ0) is 19.9.